The average molecular weight is 396 g/mol. The fourth-order valence-electron chi connectivity index (χ4n) is 3.10. The molecule has 0 spiro atoms. The molecular formula is C18H19F3N4O3. The van der Waals surface area contributed by atoms with Crippen LogP contribution in [0.2, 0.25) is 0 Å². The van der Waals surface area contributed by atoms with E-state index in [9.17, 15) is 22.8 Å². The molecule has 150 valence electrons. The van der Waals surface area contributed by atoms with Gasteiger partial charge in [0.05, 0.1) is 11.6 Å². The molecule has 1 aromatic carbocycles. The molecule has 2 N–H and O–H groups in total. The number of nitrogens with one attached hydrogen (secondary N) is 1. The second-order valence-electron chi connectivity index (χ2n) is 6.58. The topological polar surface area (TPSA) is 87.5 Å². The monoisotopic (exact) mass is 396 g/mol. The second kappa shape index (κ2) is 7.91. The average Bonchev–Trinajstić information content (AvgIpc) is 3.17. The number of halogens is 3. The number of rotatable bonds is 4. The van der Waals surface area contributed by atoms with Crippen molar-refractivity contribution in [2.45, 2.75) is 31.6 Å². The molecule has 1 aliphatic rings. The number of carbonyl (C=O) groups is 2. The number of urea groups is 1. The van der Waals surface area contributed by atoms with Crippen LogP contribution in [0.4, 0.5) is 18.0 Å². The van der Waals surface area contributed by atoms with Crippen molar-refractivity contribution in [1.29, 1.82) is 0 Å². The highest BCUT2D eigenvalue weighted by Gasteiger charge is 2.34. The maximum atomic E-state index is 12.7. The zero-order valence-corrected chi connectivity index (χ0v) is 14.8. The Morgan fingerprint density at radius 3 is 2.54 bits per heavy atom. The molecule has 1 aliphatic heterocycles. The van der Waals surface area contributed by atoms with E-state index in [0.717, 1.165) is 11.6 Å². The SMILES string of the molecule is O=C(O)c1ccc(CNC(=O)N2CCCC(n3ccc(C(F)(F)F)n3)C2)cc1. The summed E-state index contributed by atoms with van der Waals surface area (Å²) in [7, 11) is 0. The highest BCUT2D eigenvalue weighted by Crippen LogP contribution is 2.29. The summed E-state index contributed by atoms with van der Waals surface area (Å²) in [6.07, 6.45) is -1.90. The predicted molar refractivity (Wildman–Crippen MR) is 92.7 cm³/mol. The molecule has 0 saturated carbocycles. The van der Waals surface area contributed by atoms with Gasteiger partial charge < -0.3 is 15.3 Å². The van der Waals surface area contributed by atoms with E-state index in [1.165, 1.54) is 23.0 Å². The largest absolute Gasteiger partial charge is 0.478 e. The van der Waals surface area contributed by atoms with Gasteiger partial charge in [-0.3, -0.25) is 4.68 Å². The summed E-state index contributed by atoms with van der Waals surface area (Å²) >= 11 is 0. The minimum absolute atomic E-state index is 0.159. The zero-order chi connectivity index (χ0) is 20.3. The lowest BCUT2D eigenvalue weighted by atomic mass is 10.1. The summed E-state index contributed by atoms with van der Waals surface area (Å²) in [6.45, 7) is 0.996. The van der Waals surface area contributed by atoms with E-state index in [0.29, 0.717) is 19.4 Å². The maximum Gasteiger partial charge on any atom is 0.435 e. The minimum Gasteiger partial charge on any atom is -0.478 e. The third kappa shape index (κ3) is 4.62. The number of hydrogen-bond acceptors (Lipinski definition) is 3. The van der Waals surface area contributed by atoms with E-state index in [1.54, 1.807) is 17.0 Å². The fourth-order valence-corrected chi connectivity index (χ4v) is 3.10. The number of amides is 2. The van der Waals surface area contributed by atoms with Crippen LogP contribution in [0.15, 0.2) is 36.5 Å². The number of nitrogens with zero attached hydrogens (tertiary/aromatic N) is 3. The van der Waals surface area contributed by atoms with Crippen LogP contribution in [-0.4, -0.2) is 44.9 Å². The van der Waals surface area contributed by atoms with Crippen LogP contribution < -0.4 is 5.32 Å². The lowest BCUT2D eigenvalue weighted by molar-refractivity contribution is -0.141. The van der Waals surface area contributed by atoms with Crippen LogP contribution in [0.1, 0.15) is 40.5 Å². The normalized spacial score (nSPS) is 17.4. The van der Waals surface area contributed by atoms with E-state index in [-0.39, 0.29) is 30.7 Å². The van der Waals surface area contributed by atoms with Crippen molar-refractivity contribution in [3.05, 3.63) is 53.3 Å². The number of piperidine rings is 1. The molecule has 3 rings (SSSR count). The van der Waals surface area contributed by atoms with Gasteiger partial charge in [-0.25, -0.2) is 9.59 Å². The van der Waals surface area contributed by atoms with E-state index < -0.39 is 17.8 Å². The molecular weight excluding hydrogens is 377 g/mol. The van der Waals surface area contributed by atoms with Gasteiger partial charge in [-0.15, -0.1) is 0 Å². The Hall–Kier alpha value is -3.04. The standard InChI is InChI=1S/C18H19F3N4O3/c19-18(20,21)15-7-9-25(23-15)14-2-1-8-24(11-14)17(28)22-10-12-3-5-13(6-4-12)16(26)27/h3-7,9,14H,1-2,8,10-11H2,(H,22,28)(H,26,27). The van der Waals surface area contributed by atoms with Gasteiger partial charge in [-0.1, -0.05) is 12.1 Å². The smallest absolute Gasteiger partial charge is 0.435 e. The number of carboxylic acids is 1. The molecule has 1 fully saturated rings. The van der Waals surface area contributed by atoms with Crippen LogP contribution in [0.25, 0.3) is 0 Å². The lowest BCUT2D eigenvalue weighted by Gasteiger charge is -2.33. The number of benzene rings is 1. The Balaban J connectivity index is 1.57. The van der Waals surface area contributed by atoms with Gasteiger partial charge in [-0.2, -0.15) is 18.3 Å². The van der Waals surface area contributed by atoms with Crippen molar-refractivity contribution in [3.8, 4) is 0 Å². The van der Waals surface area contributed by atoms with Gasteiger partial charge >= 0.3 is 18.2 Å². The minimum atomic E-state index is -4.49. The number of hydrogen-bond donors (Lipinski definition) is 2. The third-order valence-corrected chi connectivity index (χ3v) is 4.60. The number of carbonyl (C=O) groups excluding carboxylic acids is 1. The molecule has 0 bridgehead atoms. The third-order valence-electron chi connectivity index (χ3n) is 4.60. The molecule has 1 aromatic heterocycles. The van der Waals surface area contributed by atoms with Crippen LogP contribution in [0.3, 0.4) is 0 Å². The van der Waals surface area contributed by atoms with Crippen molar-refractivity contribution in [3.63, 3.8) is 0 Å². The van der Waals surface area contributed by atoms with Crippen LogP contribution in [0.5, 0.6) is 0 Å². The predicted octanol–water partition coefficient (Wildman–Crippen LogP) is 3.15. The van der Waals surface area contributed by atoms with Gasteiger partial charge in [0.1, 0.15) is 0 Å². The van der Waals surface area contributed by atoms with Crippen LogP contribution >= 0.6 is 0 Å². The molecule has 1 atom stereocenters. The molecule has 28 heavy (non-hydrogen) atoms. The first-order valence-electron chi connectivity index (χ1n) is 8.71. The van der Waals surface area contributed by atoms with Crippen molar-refractivity contribution in [2.24, 2.45) is 0 Å². The summed E-state index contributed by atoms with van der Waals surface area (Å²) in [6, 6.07) is 6.43. The first-order chi connectivity index (χ1) is 13.2. The van der Waals surface area contributed by atoms with Crippen molar-refractivity contribution < 1.29 is 27.9 Å². The van der Waals surface area contributed by atoms with E-state index in [2.05, 4.69) is 10.4 Å². The van der Waals surface area contributed by atoms with Gasteiger partial charge in [-0.05, 0) is 36.6 Å². The quantitative estimate of drug-likeness (QED) is 0.831. The highest BCUT2D eigenvalue weighted by molar-refractivity contribution is 5.87. The maximum absolute atomic E-state index is 12.7. The summed E-state index contributed by atoms with van der Waals surface area (Å²) < 4.78 is 39.4. The fraction of sp³-hybridized carbons (Fsp3) is 0.389. The summed E-state index contributed by atoms with van der Waals surface area (Å²) in [5.41, 5.74) is -0.0425. The molecule has 2 heterocycles. The number of likely N-dealkylation sites (tertiary alicyclic amines) is 1. The first kappa shape index (κ1) is 19.7. The zero-order valence-electron chi connectivity index (χ0n) is 14.8. The lowest BCUT2D eigenvalue weighted by Crippen LogP contribution is -2.45. The van der Waals surface area contributed by atoms with Crippen molar-refractivity contribution >= 4 is 12.0 Å². The molecule has 2 aromatic rings. The summed E-state index contributed by atoms with van der Waals surface area (Å²) in [4.78, 5) is 24.8. The Bertz CT molecular complexity index is 849. The molecule has 2 amide bonds. The molecule has 1 unspecified atom stereocenters. The Morgan fingerprint density at radius 2 is 1.93 bits per heavy atom. The van der Waals surface area contributed by atoms with Crippen LogP contribution in [-0.2, 0) is 12.7 Å². The number of aromatic nitrogens is 2. The van der Waals surface area contributed by atoms with Gasteiger partial charge in [0.2, 0.25) is 0 Å². The van der Waals surface area contributed by atoms with E-state index >= 15 is 0 Å². The molecule has 0 aliphatic carbocycles. The van der Waals surface area contributed by atoms with E-state index in [1.807, 2.05) is 0 Å². The van der Waals surface area contributed by atoms with Crippen LogP contribution in [0, 0.1) is 0 Å². The Kier molecular flexibility index (Phi) is 5.57. The number of aromatic carboxylic acids is 1. The Labute approximate surface area is 158 Å². The molecule has 10 heteroatoms. The van der Waals surface area contributed by atoms with Gasteiger partial charge in [0.25, 0.3) is 0 Å². The highest BCUT2D eigenvalue weighted by atomic mass is 19.4. The van der Waals surface area contributed by atoms with Crippen molar-refractivity contribution in [1.82, 2.24) is 20.0 Å². The van der Waals surface area contributed by atoms with E-state index in [4.69, 9.17) is 5.11 Å². The second-order valence-corrected chi connectivity index (χ2v) is 6.58. The number of alkyl halides is 3. The first-order valence-corrected chi connectivity index (χ1v) is 8.71. The molecule has 7 nitrogen and oxygen atoms in total. The molecule has 1 saturated heterocycles. The van der Waals surface area contributed by atoms with Gasteiger partial charge in [0.15, 0.2) is 5.69 Å². The summed E-state index contributed by atoms with van der Waals surface area (Å²) in [5, 5.41) is 15.2. The van der Waals surface area contributed by atoms with Crippen molar-refractivity contribution in [2.75, 3.05) is 13.1 Å². The van der Waals surface area contributed by atoms with Gasteiger partial charge in [0, 0.05) is 25.8 Å². The summed E-state index contributed by atoms with van der Waals surface area (Å²) in [5.74, 6) is -1.03. The molecule has 0 radical (unpaired) electrons. The Morgan fingerprint density at radius 1 is 1.21 bits per heavy atom. The number of carboxylic acid groups (broad SMARTS) is 1.